The zero-order valence-corrected chi connectivity index (χ0v) is 11.0. The van der Waals surface area contributed by atoms with Crippen molar-refractivity contribution in [3.05, 3.63) is 23.8 Å². The fourth-order valence-electron chi connectivity index (χ4n) is 2.09. The second-order valence-electron chi connectivity index (χ2n) is 4.92. The van der Waals surface area contributed by atoms with Gasteiger partial charge in [0.2, 0.25) is 0 Å². The number of nitrogen functional groups attached to an aromatic ring is 1. The SMILES string of the molecule is CC1CC1CNC(=O)c1ccc2nc(N)sc2c1. The number of hydrogen-bond donors (Lipinski definition) is 2. The first-order valence-corrected chi connectivity index (χ1v) is 6.89. The Kier molecular flexibility index (Phi) is 2.70. The Morgan fingerprint density at radius 3 is 3.11 bits per heavy atom. The number of amides is 1. The fraction of sp³-hybridized carbons (Fsp3) is 0.385. The molecule has 0 spiro atoms. The first-order valence-electron chi connectivity index (χ1n) is 6.08. The standard InChI is InChI=1S/C13H15N3OS/c1-7-4-9(7)6-15-12(17)8-2-3-10-11(5-8)18-13(14)16-10/h2-3,5,7,9H,4,6H2,1H3,(H2,14,16)(H,15,17). The molecule has 1 amide bonds. The number of benzene rings is 1. The Morgan fingerprint density at radius 2 is 2.39 bits per heavy atom. The van der Waals surface area contributed by atoms with E-state index in [0.717, 1.165) is 22.7 Å². The molecule has 1 saturated carbocycles. The lowest BCUT2D eigenvalue weighted by Gasteiger charge is -2.04. The molecule has 1 aliphatic rings. The summed E-state index contributed by atoms with van der Waals surface area (Å²) in [6.45, 7) is 2.99. The van der Waals surface area contributed by atoms with Gasteiger partial charge in [-0.05, 0) is 36.5 Å². The number of aromatic nitrogens is 1. The van der Waals surface area contributed by atoms with Gasteiger partial charge in [-0.2, -0.15) is 0 Å². The Labute approximate surface area is 109 Å². The molecule has 0 saturated heterocycles. The number of nitrogens with zero attached hydrogens (tertiary/aromatic N) is 1. The number of carbonyl (C=O) groups is 1. The number of thiazole rings is 1. The van der Waals surface area contributed by atoms with Crippen molar-refractivity contribution in [2.24, 2.45) is 11.8 Å². The number of anilines is 1. The third-order valence-corrected chi connectivity index (χ3v) is 4.32. The van der Waals surface area contributed by atoms with E-state index in [2.05, 4.69) is 17.2 Å². The van der Waals surface area contributed by atoms with Crippen molar-refractivity contribution in [3.63, 3.8) is 0 Å². The van der Waals surface area contributed by atoms with Gasteiger partial charge in [0, 0.05) is 12.1 Å². The van der Waals surface area contributed by atoms with Crippen molar-refractivity contribution >= 4 is 32.6 Å². The van der Waals surface area contributed by atoms with Gasteiger partial charge in [0.25, 0.3) is 5.91 Å². The summed E-state index contributed by atoms with van der Waals surface area (Å²) < 4.78 is 0.958. The maximum Gasteiger partial charge on any atom is 0.251 e. The molecule has 5 heteroatoms. The predicted molar refractivity (Wildman–Crippen MR) is 73.6 cm³/mol. The van der Waals surface area contributed by atoms with E-state index in [9.17, 15) is 4.79 Å². The third-order valence-electron chi connectivity index (χ3n) is 3.47. The van der Waals surface area contributed by atoms with Crippen LogP contribution in [0.5, 0.6) is 0 Å². The van der Waals surface area contributed by atoms with Gasteiger partial charge in [-0.3, -0.25) is 4.79 Å². The van der Waals surface area contributed by atoms with Crippen LogP contribution in [0.1, 0.15) is 23.7 Å². The summed E-state index contributed by atoms with van der Waals surface area (Å²) in [4.78, 5) is 16.1. The van der Waals surface area contributed by atoms with Crippen molar-refractivity contribution in [2.75, 3.05) is 12.3 Å². The van der Waals surface area contributed by atoms with Crippen LogP contribution in [0, 0.1) is 11.8 Å². The highest BCUT2D eigenvalue weighted by Gasteiger charge is 2.32. The van der Waals surface area contributed by atoms with Gasteiger partial charge in [0.1, 0.15) is 0 Å². The second-order valence-corrected chi connectivity index (χ2v) is 5.98. The maximum absolute atomic E-state index is 12.0. The van der Waals surface area contributed by atoms with E-state index in [1.54, 1.807) is 6.07 Å². The van der Waals surface area contributed by atoms with Gasteiger partial charge in [-0.1, -0.05) is 18.3 Å². The van der Waals surface area contributed by atoms with Crippen LogP contribution >= 0.6 is 11.3 Å². The molecule has 3 rings (SSSR count). The van der Waals surface area contributed by atoms with Gasteiger partial charge >= 0.3 is 0 Å². The van der Waals surface area contributed by atoms with Crippen LogP contribution in [0.15, 0.2) is 18.2 Å². The molecule has 1 aliphatic carbocycles. The normalized spacial score (nSPS) is 22.1. The van der Waals surface area contributed by atoms with Crippen LogP contribution in [-0.4, -0.2) is 17.4 Å². The molecule has 0 aliphatic heterocycles. The minimum atomic E-state index is -0.0111. The van der Waals surface area contributed by atoms with Crippen molar-refractivity contribution in [2.45, 2.75) is 13.3 Å². The Morgan fingerprint density at radius 1 is 1.61 bits per heavy atom. The molecule has 1 aromatic heterocycles. The highest BCUT2D eigenvalue weighted by molar-refractivity contribution is 7.22. The second kappa shape index (κ2) is 4.24. The van der Waals surface area contributed by atoms with E-state index in [4.69, 9.17) is 5.73 Å². The summed E-state index contributed by atoms with van der Waals surface area (Å²) in [6.07, 6.45) is 1.23. The third kappa shape index (κ3) is 2.18. The average Bonchev–Trinajstić information content (AvgIpc) is 2.91. The molecule has 1 heterocycles. The molecule has 1 fully saturated rings. The summed E-state index contributed by atoms with van der Waals surface area (Å²) >= 11 is 1.41. The first kappa shape index (κ1) is 11.5. The summed E-state index contributed by atoms with van der Waals surface area (Å²) in [7, 11) is 0. The van der Waals surface area contributed by atoms with E-state index in [1.165, 1.54) is 17.8 Å². The van der Waals surface area contributed by atoms with Crippen molar-refractivity contribution in [1.29, 1.82) is 0 Å². The number of carbonyl (C=O) groups excluding carboxylic acids is 1. The smallest absolute Gasteiger partial charge is 0.251 e. The molecule has 0 radical (unpaired) electrons. The topological polar surface area (TPSA) is 68.0 Å². The van der Waals surface area contributed by atoms with E-state index >= 15 is 0 Å². The molecule has 2 unspecified atom stereocenters. The highest BCUT2D eigenvalue weighted by Crippen LogP contribution is 2.36. The summed E-state index contributed by atoms with van der Waals surface area (Å²) in [5.74, 6) is 1.41. The lowest BCUT2D eigenvalue weighted by atomic mass is 10.2. The average molecular weight is 261 g/mol. The van der Waals surface area contributed by atoms with E-state index in [1.807, 2.05) is 12.1 Å². The molecular formula is C13H15N3OS. The van der Waals surface area contributed by atoms with Crippen LogP contribution in [0.25, 0.3) is 10.2 Å². The monoisotopic (exact) mass is 261 g/mol. The van der Waals surface area contributed by atoms with E-state index < -0.39 is 0 Å². The molecule has 1 aromatic carbocycles. The molecule has 3 N–H and O–H groups in total. The van der Waals surface area contributed by atoms with Crippen LogP contribution < -0.4 is 11.1 Å². The first-order chi connectivity index (χ1) is 8.63. The predicted octanol–water partition coefficient (Wildman–Crippen LogP) is 2.26. The van der Waals surface area contributed by atoms with Gasteiger partial charge in [-0.15, -0.1) is 0 Å². The number of rotatable bonds is 3. The van der Waals surface area contributed by atoms with Crippen LogP contribution in [0.3, 0.4) is 0 Å². The molecule has 2 atom stereocenters. The van der Waals surface area contributed by atoms with Gasteiger partial charge < -0.3 is 11.1 Å². The molecule has 94 valence electrons. The largest absolute Gasteiger partial charge is 0.375 e. The number of hydrogen-bond acceptors (Lipinski definition) is 4. The summed E-state index contributed by atoms with van der Waals surface area (Å²) in [6, 6.07) is 5.50. The van der Waals surface area contributed by atoms with Gasteiger partial charge in [0.15, 0.2) is 5.13 Å². The Hall–Kier alpha value is -1.62. The van der Waals surface area contributed by atoms with Crippen LogP contribution in [0.2, 0.25) is 0 Å². The molecule has 2 aromatic rings. The minimum Gasteiger partial charge on any atom is -0.375 e. The summed E-state index contributed by atoms with van der Waals surface area (Å²) in [5, 5.41) is 3.51. The molecule has 0 bridgehead atoms. The Bertz CT molecular complexity index is 607. The van der Waals surface area contributed by atoms with E-state index in [-0.39, 0.29) is 5.91 Å². The van der Waals surface area contributed by atoms with Crippen molar-refractivity contribution < 1.29 is 4.79 Å². The van der Waals surface area contributed by atoms with Crippen molar-refractivity contribution in [3.8, 4) is 0 Å². The number of nitrogens with two attached hydrogens (primary N) is 1. The number of nitrogens with one attached hydrogen (secondary N) is 1. The van der Waals surface area contributed by atoms with Crippen LogP contribution in [-0.2, 0) is 0 Å². The molecular weight excluding hydrogens is 246 g/mol. The summed E-state index contributed by atoms with van der Waals surface area (Å²) in [5.41, 5.74) is 7.18. The highest BCUT2D eigenvalue weighted by atomic mass is 32.1. The zero-order valence-electron chi connectivity index (χ0n) is 10.1. The lowest BCUT2D eigenvalue weighted by Crippen LogP contribution is -2.25. The molecule has 4 nitrogen and oxygen atoms in total. The fourth-order valence-corrected chi connectivity index (χ4v) is 2.87. The van der Waals surface area contributed by atoms with Crippen LogP contribution in [0.4, 0.5) is 5.13 Å². The van der Waals surface area contributed by atoms with Crippen molar-refractivity contribution in [1.82, 2.24) is 10.3 Å². The zero-order chi connectivity index (χ0) is 12.7. The maximum atomic E-state index is 12.0. The molecule has 18 heavy (non-hydrogen) atoms. The van der Waals surface area contributed by atoms with Gasteiger partial charge in [-0.25, -0.2) is 4.98 Å². The quantitative estimate of drug-likeness (QED) is 0.890. The lowest BCUT2D eigenvalue weighted by molar-refractivity contribution is 0.0951. The van der Waals surface area contributed by atoms with Gasteiger partial charge in [0.05, 0.1) is 10.2 Å². The van der Waals surface area contributed by atoms with E-state index in [0.29, 0.717) is 16.6 Å². The Balaban J connectivity index is 1.74. The minimum absolute atomic E-state index is 0.0111. The number of fused-ring (bicyclic) bond motifs is 1.